The molecule has 0 aliphatic heterocycles. The van der Waals surface area contributed by atoms with Crippen molar-refractivity contribution in [2.24, 2.45) is 0 Å². The molecule has 5 heterocycles. The van der Waals surface area contributed by atoms with Gasteiger partial charge in [-0.05, 0) is 61.5 Å². The fourth-order valence-corrected chi connectivity index (χ4v) is 2.95. The molecular formula is C20H14N6. The Balaban J connectivity index is 1.55. The highest BCUT2D eigenvalue weighted by atomic mass is 15.3. The summed E-state index contributed by atoms with van der Waals surface area (Å²) in [5, 5.41) is 6.51. The molecule has 124 valence electrons. The van der Waals surface area contributed by atoms with Crippen molar-refractivity contribution in [1.82, 2.24) is 29.5 Å². The van der Waals surface area contributed by atoms with Crippen LogP contribution in [0.25, 0.3) is 39.7 Å². The zero-order valence-corrected chi connectivity index (χ0v) is 14.0. The van der Waals surface area contributed by atoms with Crippen molar-refractivity contribution in [2.45, 2.75) is 6.92 Å². The monoisotopic (exact) mass is 338 g/mol. The molecule has 6 heteroatoms. The van der Waals surface area contributed by atoms with E-state index in [4.69, 9.17) is 0 Å². The maximum Gasteiger partial charge on any atom is 0.175 e. The molecule has 0 atom stereocenters. The van der Waals surface area contributed by atoms with Crippen LogP contribution in [0.5, 0.6) is 0 Å². The Hall–Kier alpha value is -3.67. The molecular weight excluding hydrogens is 324 g/mol. The summed E-state index contributed by atoms with van der Waals surface area (Å²) in [6, 6.07) is 13.8. The van der Waals surface area contributed by atoms with E-state index in [2.05, 4.69) is 25.0 Å². The topological polar surface area (TPSA) is 68.9 Å². The summed E-state index contributed by atoms with van der Waals surface area (Å²) in [4.78, 5) is 18.0. The summed E-state index contributed by atoms with van der Waals surface area (Å²) in [5.74, 6) is 0.626. The summed E-state index contributed by atoms with van der Waals surface area (Å²) in [6.45, 7) is 1.98. The molecule has 0 radical (unpaired) electrons. The van der Waals surface area contributed by atoms with E-state index in [1.807, 2.05) is 67.7 Å². The molecule has 0 saturated heterocycles. The van der Waals surface area contributed by atoms with Crippen LogP contribution in [-0.2, 0) is 0 Å². The van der Waals surface area contributed by atoms with Crippen LogP contribution in [0.2, 0.25) is 0 Å². The van der Waals surface area contributed by atoms with Gasteiger partial charge in [-0.2, -0.15) is 0 Å². The molecule has 0 fully saturated rings. The zero-order valence-electron chi connectivity index (χ0n) is 14.0. The van der Waals surface area contributed by atoms with Crippen molar-refractivity contribution in [3.8, 4) is 0 Å². The van der Waals surface area contributed by atoms with Gasteiger partial charge in [0.15, 0.2) is 17.1 Å². The lowest BCUT2D eigenvalue weighted by atomic mass is 10.2. The molecule has 26 heavy (non-hydrogen) atoms. The van der Waals surface area contributed by atoms with Crippen LogP contribution >= 0.6 is 0 Å². The lowest BCUT2D eigenvalue weighted by molar-refractivity contribution is 0.957. The van der Waals surface area contributed by atoms with Gasteiger partial charge in [-0.3, -0.25) is 4.98 Å². The fraction of sp³-hybridized carbons (Fsp3) is 0.0500. The standard InChI is InChI=1S/C20H14N6/c1-13-4-8-16-17(22-13)10-12-26-20(16)24-18(25-26)9-7-15-6-5-14-3-2-11-21-19(14)23-15/h2-12H,1H3/b9-7+. The SMILES string of the molecule is Cc1ccc2c(ccn3nc(/C=C/c4ccc5cccnc5n4)nc23)n1. The number of fused-ring (bicyclic) bond motifs is 4. The summed E-state index contributed by atoms with van der Waals surface area (Å²) in [6.07, 6.45) is 7.38. The minimum Gasteiger partial charge on any atom is -0.253 e. The van der Waals surface area contributed by atoms with Crippen LogP contribution in [0.15, 0.2) is 54.9 Å². The number of nitrogens with zero attached hydrogens (tertiary/aromatic N) is 6. The third-order valence-corrected chi connectivity index (χ3v) is 4.21. The van der Waals surface area contributed by atoms with Gasteiger partial charge in [0.05, 0.1) is 11.2 Å². The largest absolute Gasteiger partial charge is 0.253 e. The van der Waals surface area contributed by atoms with E-state index in [-0.39, 0.29) is 0 Å². The first kappa shape index (κ1) is 14.7. The van der Waals surface area contributed by atoms with E-state index in [0.29, 0.717) is 5.82 Å². The average molecular weight is 338 g/mol. The fourth-order valence-electron chi connectivity index (χ4n) is 2.95. The highest BCUT2D eigenvalue weighted by Crippen LogP contribution is 2.18. The molecule has 0 aromatic carbocycles. The van der Waals surface area contributed by atoms with Crippen LogP contribution in [0.1, 0.15) is 17.2 Å². The van der Waals surface area contributed by atoms with Gasteiger partial charge in [-0.25, -0.2) is 19.5 Å². The van der Waals surface area contributed by atoms with Gasteiger partial charge in [0, 0.05) is 28.9 Å². The van der Waals surface area contributed by atoms with Crippen molar-refractivity contribution in [1.29, 1.82) is 0 Å². The number of rotatable bonds is 2. The Kier molecular flexibility index (Phi) is 3.21. The van der Waals surface area contributed by atoms with Gasteiger partial charge >= 0.3 is 0 Å². The molecule has 0 bridgehead atoms. The third kappa shape index (κ3) is 2.48. The van der Waals surface area contributed by atoms with E-state index < -0.39 is 0 Å². The summed E-state index contributed by atoms with van der Waals surface area (Å²) in [7, 11) is 0. The molecule has 0 amide bonds. The molecule has 0 unspecified atom stereocenters. The van der Waals surface area contributed by atoms with Gasteiger partial charge < -0.3 is 0 Å². The van der Waals surface area contributed by atoms with Crippen LogP contribution < -0.4 is 0 Å². The number of hydrogen-bond acceptors (Lipinski definition) is 5. The predicted octanol–water partition coefficient (Wildman–Crippen LogP) is 3.70. The maximum atomic E-state index is 4.63. The Morgan fingerprint density at radius 1 is 0.923 bits per heavy atom. The molecule has 6 nitrogen and oxygen atoms in total. The average Bonchev–Trinajstić information content (AvgIpc) is 3.09. The molecule has 5 rings (SSSR count). The number of hydrogen-bond donors (Lipinski definition) is 0. The van der Waals surface area contributed by atoms with E-state index >= 15 is 0 Å². The molecule has 0 N–H and O–H groups in total. The highest BCUT2D eigenvalue weighted by Gasteiger charge is 2.06. The number of pyridine rings is 4. The molecule has 0 aliphatic rings. The van der Waals surface area contributed by atoms with Crippen molar-refractivity contribution in [3.05, 3.63) is 72.1 Å². The van der Waals surface area contributed by atoms with Gasteiger partial charge in [0.1, 0.15) is 0 Å². The van der Waals surface area contributed by atoms with Crippen LogP contribution in [0.3, 0.4) is 0 Å². The first-order valence-corrected chi connectivity index (χ1v) is 8.29. The smallest absolute Gasteiger partial charge is 0.175 e. The molecule has 0 aliphatic carbocycles. The van der Waals surface area contributed by atoms with E-state index in [9.17, 15) is 0 Å². The van der Waals surface area contributed by atoms with Crippen molar-refractivity contribution >= 4 is 39.7 Å². The highest BCUT2D eigenvalue weighted by molar-refractivity contribution is 5.91. The molecule has 5 aromatic heterocycles. The lowest BCUT2D eigenvalue weighted by Crippen LogP contribution is -1.90. The maximum absolute atomic E-state index is 4.63. The summed E-state index contributed by atoms with van der Waals surface area (Å²) >= 11 is 0. The minimum atomic E-state index is 0.626. The van der Waals surface area contributed by atoms with Gasteiger partial charge in [0.25, 0.3) is 0 Å². The second-order valence-corrected chi connectivity index (χ2v) is 6.06. The normalized spacial score (nSPS) is 11.9. The number of aryl methyl sites for hydroxylation is 1. The first-order valence-electron chi connectivity index (χ1n) is 8.29. The lowest BCUT2D eigenvalue weighted by Gasteiger charge is -1.99. The van der Waals surface area contributed by atoms with Crippen molar-refractivity contribution in [3.63, 3.8) is 0 Å². The minimum absolute atomic E-state index is 0.626. The molecule has 5 aromatic rings. The van der Waals surface area contributed by atoms with E-state index in [0.717, 1.165) is 39.0 Å². The Morgan fingerprint density at radius 2 is 1.88 bits per heavy atom. The second kappa shape index (κ2) is 5.70. The second-order valence-electron chi connectivity index (χ2n) is 6.06. The Labute approximate surface area is 148 Å². The van der Waals surface area contributed by atoms with E-state index in [1.165, 1.54) is 0 Å². The third-order valence-electron chi connectivity index (χ3n) is 4.21. The quantitative estimate of drug-likeness (QED) is 0.491. The van der Waals surface area contributed by atoms with Crippen LogP contribution in [0, 0.1) is 6.92 Å². The van der Waals surface area contributed by atoms with Gasteiger partial charge in [-0.1, -0.05) is 0 Å². The van der Waals surface area contributed by atoms with Crippen LogP contribution in [0.4, 0.5) is 0 Å². The molecule has 0 spiro atoms. The summed E-state index contributed by atoms with van der Waals surface area (Å²) < 4.78 is 1.77. The Bertz CT molecular complexity index is 1300. The number of aromatic nitrogens is 6. The Morgan fingerprint density at radius 3 is 2.85 bits per heavy atom. The van der Waals surface area contributed by atoms with Crippen LogP contribution in [-0.4, -0.2) is 29.5 Å². The zero-order chi connectivity index (χ0) is 17.5. The molecule has 0 saturated carbocycles. The van der Waals surface area contributed by atoms with E-state index in [1.54, 1.807) is 10.7 Å². The van der Waals surface area contributed by atoms with Crippen molar-refractivity contribution in [2.75, 3.05) is 0 Å². The first-order chi connectivity index (χ1) is 12.8. The predicted molar refractivity (Wildman–Crippen MR) is 101 cm³/mol. The van der Waals surface area contributed by atoms with Gasteiger partial charge in [-0.15, -0.1) is 5.10 Å². The van der Waals surface area contributed by atoms with Gasteiger partial charge in [0.2, 0.25) is 0 Å². The van der Waals surface area contributed by atoms with Crippen molar-refractivity contribution < 1.29 is 0 Å². The summed E-state index contributed by atoms with van der Waals surface area (Å²) in [5.41, 5.74) is 4.24.